The summed E-state index contributed by atoms with van der Waals surface area (Å²) in [5, 5.41) is 0.944. The molecule has 0 aliphatic rings. The molecule has 0 N–H and O–H groups in total. The molecule has 0 fully saturated rings. The third kappa shape index (κ3) is 2.90. The molecule has 5 heteroatoms. The summed E-state index contributed by atoms with van der Waals surface area (Å²) in [6.07, 6.45) is 1.02. The molecule has 1 aromatic carbocycles. The van der Waals surface area contributed by atoms with Crippen LogP contribution in [0.3, 0.4) is 0 Å². The largest absolute Gasteiger partial charge is 0.438 e. The third-order valence-electron chi connectivity index (χ3n) is 2.27. The average molecular weight is 263 g/mol. The second kappa shape index (κ2) is 5.23. The lowest BCUT2D eigenvalue weighted by Gasteiger charge is -2.08. The van der Waals surface area contributed by atoms with Crippen LogP contribution in [-0.4, -0.2) is 10.8 Å². The fourth-order valence-corrected chi connectivity index (χ4v) is 1.73. The van der Waals surface area contributed by atoms with Crippen LogP contribution in [0.25, 0.3) is 0 Å². The lowest BCUT2D eigenvalue weighted by Crippen LogP contribution is -2.01. The maximum Gasteiger partial charge on any atom is 0.230 e. The van der Waals surface area contributed by atoms with Gasteiger partial charge in [-0.25, -0.2) is 9.37 Å². The fourth-order valence-electron chi connectivity index (χ4n) is 1.45. The third-order valence-corrected chi connectivity index (χ3v) is 2.63. The van der Waals surface area contributed by atoms with Crippen LogP contribution in [0.15, 0.2) is 36.5 Å². The molecular weight excluding hydrogens is 252 g/mol. The van der Waals surface area contributed by atoms with Gasteiger partial charge in [0, 0.05) is 0 Å². The summed E-state index contributed by atoms with van der Waals surface area (Å²) in [7, 11) is 2.54. The van der Waals surface area contributed by atoms with Gasteiger partial charge in [0.15, 0.2) is 5.78 Å². The molecule has 2 rings (SSSR count). The number of pyridine rings is 1. The Morgan fingerprint density at radius 1 is 1.39 bits per heavy atom. The lowest BCUT2D eigenvalue weighted by molar-refractivity contribution is 0.101. The Bertz CT molecular complexity index is 601. The van der Waals surface area contributed by atoms with Crippen LogP contribution >= 0.6 is 9.24 Å². The zero-order chi connectivity index (χ0) is 13.1. The van der Waals surface area contributed by atoms with Crippen molar-refractivity contribution in [3.63, 3.8) is 0 Å². The maximum atomic E-state index is 13.0. The Morgan fingerprint density at radius 3 is 2.83 bits per heavy atom. The van der Waals surface area contributed by atoms with Crippen molar-refractivity contribution in [2.24, 2.45) is 0 Å². The van der Waals surface area contributed by atoms with Crippen LogP contribution < -0.4 is 10.0 Å². The van der Waals surface area contributed by atoms with Crippen LogP contribution in [0.5, 0.6) is 11.6 Å². The first-order chi connectivity index (χ1) is 8.56. The smallest absolute Gasteiger partial charge is 0.230 e. The predicted molar refractivity (Wildman–Crippen MR) is 70.1 cm³/mol. The minimum Gasteiger partial charge on any atom is -0.438 e. The van der Waals surface area contributed by atoms with Gasteiger partial charge < -0.3 is 4.74 Å². The van der Waals surface area contributed by atoms with Crippen molar-refractivity contribution in [1.29, 1.82) is 0 Å². The minimum absolute atomic E-state index is 0.111. The Kier molecular flexibility index (Phi) is 3.68. The highest BCUT2D eigenvalue weighted by molar-refractivity contribution is 7.27. The van der Waals surface area contributed by atoms with Crippen molar-refractivity contribution >= 4 is 20.3 Å². The monoisotopic (exact) mass is 263 g/mol. The number of ketones is 1. The van der Waals surface area contributed by atoms with E-state index in [-0.39, 0.29) is 17.2 Å². The Morgan fingerprint density at radius 2 is 2.17 bits per heavy atom. The number of hydrogen-bond donors (Lipinski definition) is 0. The summed E-state index contributed by atoms with van der Waals surface area (Å²) >= 11 is 0. The summed E-state index contributed by atoms with van der Waals surface area (Å²) in [6.45, 7) is 1.34. The van der Waals surface area contributed by atoms with Crippen LogP contribution in [0.2, 0.25) is 0 Å². The molecule has 0 aliphatic carbocycles. The van der Waals surface area contributed by atoms with Crippen LogP contribution in [0.4, 0.5) is 4.39 Å². The molecule has 0 bridgehead atoms. The van der Waals surface area contributed by atoms with E-state index in [9.17, 15) is 9.18 Å². The van der Waals surface area contributed by atoms with E-state index in [4.69, 9.17) is 4.74 Å². The second-order valence-corrected chi connectivity index (χ2v) is 4.40. The molecule has 1 heterocycles. The van der Waals surface area contributed by atoms with Crippen LogP contribution in [0.1, 0.15) is 17.3 Å². The van der Waals surface area contributed by atoms with Crippen LogP contribution in [0, 0.1) is 5.82 Å². The molecule has 0 saturated carbocycles. The number of carbonyl (C=O) groups excluding carboxylic acids is 1. The van der Waals surface area contributed by atoms with E-state index in [0.717, 1.165) is 17.6 Å². The molecule has 0 spiro atoms. The number of carbonyl (C=O) groups is 1. The lowest BCUT2D eigenvalue weighted by atomic mass is 10.2. The summed E-state index contributed by atoms with van der Waals surface area (Å²) in [5.41, 5.74) is 0.129. The Labute approximate surface area is 106 Å². The van der Waals surface area contributed by atoms with Crippen molar-refractivity contribution in [1.82, 2.24) is 4.98 Å². The molecule has 1 atom stereocenters. The zero-order valence-corrected chi connectivity index (χ0v) is 10.8. The molecule has 1 aromatic heterocycles. The fraction of sp³-hybridized carbons (Fsp3) is 0.0769. The van der Waals surface area contributed by atoms with E-state index in [1.54, 1.807) is 12.1 Å². The van der Waals surface area contributed by atoms with Gasteiger partial charge in [-0.05, 0) is 30.4 Å². The van der Waals surface area contributed by atoms with E-state index in [1.807, 2.05) is 12.1 Å². The Hall–Kier alpha value is -1.80. The standard InChI is InChI=1S/C13H11FNO2P/c1-8(16)12-5-9(14)7-15-13(12)17-10-3-2-4-11(18)6-10/h2-7H,18H2,1H3. The molecule has 0 saturated heterocycles. The highest BCUT2D eigenvalue weighted by atomic mass is 31.0. The highest BCUT2D eigenvalue weighted by Crippen LogP contribution is 2.23. The molecule has 0 aliphatic heterocycles. The molecule has 18 heavy (non-hydrogen) atoms. The number of rotatable bonds is 3. The first kappa shape index (κ1) is 12.7. The number of Topliss-reactive ketones (excluding diaryl/α,β-unsaturated/α-hetero) is 1. The predicted octanol–water partition coefficient (Wildman–Crippen LogP) is 2.72. The van der Waals surface area contributed by atoms with Gasteiger partial charge in [0.2, 0.25) is 5.88 Å². The second-order valence-electron chi connectivity index (χ2n) is 3.74. The maximum absolute atomic E-state index is 13.0. The van der Waals surface area contributed by atoms with Gasteiger partial charge in [-0.2, -0.15) is 0 Å². The number of benzene rings is 1. The quantitative estimate of drug-likeness (QED) is 0.631. The van der Waals surface area contributed by atoms with Gasteiger partial charge >= 0.3 is 0 Å². The van der Waals surface area contributed by atoms with Gasteiger partial charge in [0.05, 0.1) is 11.8 Å². The van der Waals surface area contributed by atoms with E-state index in [1.165, 1.54) is 6.92 Å². The molecule has 2 aromatic rings. The van der Waals surface area contributed by atoms with Crippen LogP contribution in [-0.2, 0) is 0 Å². The Balaban J connectivity index is 2.37. The number of hydrogen-bond acceptors (Lipinski definition) is 3. The SMILES string of the molecule is CC(=O)c1cc(F)cnc1Oc1cccc(P)c1. The van der Waals surface area contributed by atoms with Gasteiger partial charge in [0.1, 0.15) is 11.6 Å². The average Bonchev–Trinajstić information content (AvgIpc) is 2.31. The van der Waals surface area contributed by atoms with Gasteiger partial charge in [-0.15, -0.1) is 9.24 Å². The van der Waals surface area contributed by atoms with Crippen molar-refractivity contribution in [3.05, 3.63) is 47.9 Å². The zero-order valence-electron chi connectivity index (χ0n) is 9.68. The molecular formula is C13H11FNO2P. The van der Waals surface area contributed by atoms with Crippen molar-refractivity contribution < 1.29 is 13.9 Å². The van der Waals surface area contributed by atoms with Crippen molar-refractivity contribution in [2.45, 2.75) is 6.92 Å². The summed E-state index contributed by atoms with van der Waals surface area (Å²) in [4.78, 5) is 15.2. The number of nitrogens with zero attached hydrogens (tertiary/aromatic N) is 1. The molecule has 0 radical (unpaired) electrons. The highest BCUT2D eigenvalue weighted by Gasteiger charge is 2.12. The topological polar surface area (TPSA) is 39.2 Å². The van der Waals surface area contributed by atoms with Crippen molar-refractivity contribution in [3.8, 4) is 11.6 Å². The van der Waals surface area contributed by atoms with Gasteiger partial charge in [-0.1, -0.05) is 12.1 Å². The molecule has 92 valence electrons. The molecule has 1 unspecified atom stereocenters. The van der Waals surface area contributed by atoms with E-state index in [0.29, 0.717) is 5.75 Å². The van der Waals surface area contributed by atoms with E-state index >= 15 is 0 Å². The van der Waals surface area contributed by atoms with Gasteiger partial charge in [0.25, 0.3) is 0 Å². The number of halogens is 1. The number of ether oxygens (including phenoxy) is 1. The first-order valence-corrected chi connectivity index (χ1v) is 5.84. The summed E-state index contributed by atoms with van der Waals surface area (Å²) in [6, 6.07) is 8.34. The number of aromatic nitrogens is 1. The first-order valence-electron chi connectivity index (χ1n) is 5.26. The van der Waals surface area contributed by atoms with E-state index in [2.05, 4.69) is 14.2 Å². The van der Waals surface area contributed by atoms with Gasteiger partial charge in [-0.3, -0.25) is 4.79 Å². The molecule has 3 nitrogen and oxygen atoms in total. The minimum atomic E-state index is -0.563. The van der Waals surface area contributed by atoms with E-state index < -0.39 is 5.82 Å². The summed E-state index contributed by atoms with van der Waals surface area (Å²) < 4.78 is 18.5. The van der Waals surface area contributed by atoms with Crippen molar-refractivity contribution in [2.75, 3.05) is 0 Å². The molecule has 0 amide bonds. The normalized spacial score (nSPS) is 10.2. The summed E-state index contributed by atoms with van der Waals surface area (Å²) in [5.74, 6) is -0.199.